The number of hydrogen-bond donors (Lipinski definition) is 2. The fourth-order valence-corrected chi connectivity index (χ4v) is 3.69. The van der Waals surface area contributed by atoms with Gasteiger partial charge in [0.1, 0.15) is 0 Å². The van der Waals surface area contributed by atoms with Crippen LogP contribution >= 0.6 is 35.3 Å². The van der Waals surface area contributed by atoms with Crippen LogP contribution in [-0.2, 0) is 0 Å². The molecule has 2 N–H and O–H groups in total. The monoisotopic (exact) mass is 462 g/mol. The van der Waals surface area contributed by atoms with Crippen LogP contribution in [-0.4, -0.2) is 43.1 Å². The highest BCUT2D eigenvalue weighted by molar-refractivity contribution is 14.0. The molecule has 0 fully saturated rings. The fourth-order valence-electron chi connectivity index (χ4n) is 2.99. The molecule has 1 aromatic heterocycles. The molecule has 0 saturated heterocycles. The summed E-state index contributed by atoms with van der Waals surface area (Å²) >= 11 is 1.76. The van der Waals surface area contributed by atoms with Crippen molar-refractivity contribution in [3.63, 3.8) is 0 Å². The molecular formula is C18H31IN4S. The quantitative estimate of drug-likeness (QED) is 0.265. The lowest BCUT2D eigenvalue weighted by molar-refractivity contribution is 0.224. The Morgan fingerprint density at radius 2 is 2.00 bits per heavy atom. The Balaban J connectivity index is 0.00000288. The highest BCUT2D eigenvalue weighted by Gasteiger charge is 2.19. The molecule has 1 aromatic rings. The van der Waals surface area contributed by atoms with Crippen LogP contribution < -0.4 is 10.6 Å². The second-order valence-electron chi connectivity index (χ2n) is 5.80. The SMILES string of the molecule is CCNC(=NCC(c1ccsc1)N(CC)CC)NC1CC=CC1.I. The summed E-state index contributed by atoms with van der Waals surface area (Å²) in [6.45, 7) is 10.3. The molecular weight excluding hydrogens is 431 g/mol. The summed E-state index contributed by atoms with van der Waals surface area (Å²) in [7, 11) is 0. The smallest absolute Gasteiger partial charge is 0.191 e. The van der Waals surface area contributed by atoms with Crippen LogP contribution in [0.15, 0.2) is 34.0 Å². The van der Waals surface area contributed by atoms with Gasteiger partial charge < -0.3 is 10.6 Å². The number of thiophene rings is 1. The van der Waals surface area contributed by atoms with Crippen LogP contribution in [0, 0.1) is 0 Å². The van der Waals surface area contributed by atoms with Crippen LogP contribution in [0.1, 0.15) is 45.2 Å². The van der Waals surface area contributed by atoms with E-state index < -0.39 is 0 Å². The Morgan fingerprint density at radius 1 is 1.29 bits per heavy atom. The molecule has 1 atom stereocenters. The van der Waals surface area contributed by atoms with Gasteiger partial charge in [0.05, 0.1) is 12.6 Å². The normalized spacial score (nSPS) is 16.2. The third kappa shape index (κ3) is 6.37. The first-order chi connectivity index (χ1) is 11.3. The van der Waals surface area contributed by atoms with Crippen molar-refractivity contribution in [1.29, 1.82) is 0 Å². The van der Waals surface area contributed by atoms with E-state index in [1.165, 1.54) is 5.56 Å². The van der Waals surface area contributed by atoms with Crippen molar-refractivity contribution >= 4 is 41.3 Å². The standard InChI is InChI=1S/C18H30N4S.HI/c1-4-19-18(21-16-9-7-8-10-16)20-13-17(22(5-2)6-3)15-11-12-23-14-15;/h7-8,11-12,14,16-17H,4-6,9-10,13H2,1-3H3,(H2,19,20,21);1H. The maximum Gasteiger partial charge on any atom is 0.191 e. The molecule has 0 radical (unpaired) electrons. The number of rotatable bonds is 8. The summed E-state index contributed by atoms with van der Waals surface area (Å²) in [6, 6.07) is 3.07. The predicted molar refractivity (Wildman–Crippen MR) is 117 cm³/mol. The minimum absolute atomic E-state index is 0. The Kier molecular flexibility index (Phi) is 10.6. The number of hydrogen-bond acceptors (Lipinski definition) is 3. The lowest BCUT2D eigenvalue weighted by atomic mass is 10.1. The van der Waals surface area contributed by atoms with Gasteiger partial charge >= 0.3 is 0 Å². The van der Waals surface area contributed by atoms with Crippen LogP contribution in [0.5, 0.6) is 0 Å². The summed E-state index contributed by atoms with van der Waals surface area (Å²) in [5.41, 5.74) is 1.38. The van der Waals surface area contributed by atoms with Crippen molar-refractivity contribution in [2.45, 2.75) is 45.7 Å². The lowest BCUT2D eigenvalue weighted by Gasteiger charge is -2.28. The van der Waals surface area contributed by atoms with E-state index in [0.717, 1.165) is 45.0 Å². The Labute approximate surface area is 167 Å². The molecule has 2 rings (SSSR count). The van der Waals surface area contributed by atoms with Gasteiger partial charge in [-0.15, -0.1) is 24.0 Å². The van der Waals surface area contributed by atoms with E-state index in [0.29, 0.717) is 12.1 Å². The van der Waals surface area contributed by atoms with E-state index in [9.17, 15) is 0 Å². The van der Waals surface area contributed by atoms with Crippen LogP contribution in [0.4, 0.5) is 0 Å². The maximum atomic E-state index is 4.88. The molecule has 24 heavy (non-hydrogen) atoms. The van der Waals surface area contributed by atoms with Crippen molar-refractivity contribution in [3.05, 3.63) is 34.5 Å². The van der Waals surface area contributed by atoms with E-state index in [1.807, 2.05) is 0 Å². The van der Waals surface area contributed by atoms with Gasteiger partial charge in [0.25, 0.3) is 0 Å². The molecule has 0 aliphatic heterocycles. The van der Waals surface area contributed by atoms with E-state index in [2.05, 4.69) is 65.3 Å². The molecule has 0 aromatic carbocycles. The Bertz CT molecular complexity index is 489. The summed E-state index contributed by atoms with van der Waals surface area (Å²) in [4.78, 5) is 7.36. The van der Waals surface area contributed by atoms with E-state index in [1.54, 1.807) is 11.3 Å². The maximum absolute atomic E-state index is 4.88. The molecule has 0 bridgehead atoms. The molecule has 1 aliphatic rings. The number of nitrogens with one attached hydrogen (secondary N) is 2. The van der Waals surface area contributed by atoms with Gasteiger partial charge in [-0.25, -0.2) is 0 Å². The summed E-state index contributed by atoms with van der Waals surface area (Å²) in [5.74, 6) is 0.939. The molecule has 6 heteroatoms. The van der Waals surface area contributed by atoms with Gasteiger partial charge in [0, 0.05) is 12.6 Å². The summed E-state index contributed by atoms with van der Waals surface area (Å²) in [5, 5.41) is 11.3. The van der Waals surface area contributed by atoms with Gasteiger partial charge in [-0.2, -0.15) is 11.3 Å². The first kappa shape index (κ1) is 21.4. The van der Waals surface area contributed by atoms with Crippen molar-refractivity contribution < 1.29 is 0 Å². The zero-order chi connectivity index (χ0) is 16.5. The topological polar surface area (TPSA) is 39.7 Å². The third-order valence-corrected chi connectivity index (χ3v) is 5.00. The minimum atomic E-state index is 0. The zero-order valence-corrected chi connectivity index (χ0v) is 18.1. The third-order valence-electron chi connectivity index (χ3n) is 4.30. The highest BCUT2D eigenvalue weighted by Crippen LogP contribution is 2.23. The predicted octanol–water partition coefficient (Wildman–Crippen LogP) is 4.02. The number of likely N-dealkylation sites (N-methyl/N-ethyl adjacent to an activating group) is 1. The lowest BCUT2D eigenvalue weighted by Crippen LogP contribution is -2.43. The van der Waals surface area contributed by atoms with E-state index in [4.69, 9.17) is 4.99 Å². The first-order valence-corrected chi connectivity index (χ1v) is 9.68. The number of aliphatic imine (C=N–C) groups is 1. The molecule has 0 saturated carbocycles. The van der Waals surface area contributed by atoms with E-state index in [-0.39, 0.29) is 24.0 Å². The molecule has 136 valence electrons. The van der Waals surface area contributed by atoms with Crippen molar-refractivity contribution in [3.8, 4) is 0 Å². The average molecular weight is 462 g/mol. The number of halogens is 1. The fraction of sp³-hybridized carbons (Fsp3) is 0.611. The van der Waals surface area contributed by atoms with Gasteiger partial charge in [-0.1, -0.05) is 26.0 Å². The van der Waals surface area contributed by atoms with Gasteiger partial charge in [-0.3, -0.25) is 9.89 Å². The molecule has 1 heterocycles. The highest BCUT2D eigenvalue weighted by atomic mass is 127. The molecule has 1 aliphatic carbocycles. The Morgan fingerprint density at radius 3 is 2.54 bits per heavy atom. The average Bonchev–Trinajstić information content (AvgIpc) is 3.25. The number of guanidine groups is 1. The molecule has 4 nitrogen and oxygen atoms in total. The van der Waals surface area contributed by atoms with Gasteiger partial charge in [-0.05, 0) is 55.2 Å². The van der Waals surface area contributed by atoms with Crippen molar-refractivity contribution in [2.75, 3.05) is 26.2 Å². The molecule has 0 amide bonds. The van der Waals surface area contributed by atoms with Crippen molar-refractivity contribution in [1.82, 2.24) is 15.5 Å². The van der Waals surface area contributed by atoms with Gasteiger partial charge in [0.2, 0.25) is 0 Å². The van der Waals surface area contributed by atoms with Crippen LogP contribution in [0.3, 0.4) is 0 Å². The van der Waals surface area contributed by atoms with E-state index >= 15 is 0 Å². The minimum Gasteiger partial charge on any atom is -0.357 e. The van der Waals surface area contributed by atoms with Crippen LogP contribution in [0.25, 0.3) is 0 Å². The second-order valence-corrected chi connectivity index (χ2v) is 6.58. The molecule has 0 spiro atoms. The van der Waals surface area contributed by atoms with Crippen molar-refractivity contribution in [2.24, 2.45) is 4.99 Å². The number of nitrogens with zero attached hydrogens (tertiary/aromatic N) is 2. The first-order valence-electron chi connectivity index (χ1n) is 8.74. The summed E-state index contributed by atoms with van der Waals surface area (Å²) < 4.78 is 0. The van der Waals surface area contributed by atoms with Crippen LogP contribution in [0.2, 0.25) is 0 Å². The molecule has 1 unspecified atom stereocenters. The zero-order valence-electron chi connectivity index (χ0n) is 15.0. The van der Waals surface area contributed by atoms with Gasteiger partial charge in [0.15, 0.2) is 5.96 Å². The summed E-state index contributed by atoms with van der Waals surface area (Å²) in [6.07, 6.45) is 6.67. The Hall–Kier alpha value is -0.600. The largest absolute Gasteiger partial charge is 0.357 e. The second kappa shape index (κ2) is 11.9.